The van der Waals surface area contributed by atoms with E-state index in [1.807, 2.05) is 0 Å². The summed E-state index contributed by atoms with van der Waals surface area (Å²) in [7, 11) is 1.51. The van der Waals surface area contributed by atoms with Gasteiger partial charge in [0, 0.05) is 6.04 Å². The maximum Gasteiger partial charge on any atom is 0.323 e. The normalized spacial score (nSPS) is 34.8. The molecule has 0 aromatic heterocycles. The fourth-order valence-corrected chi connectivity index (χ4v) is 3.50. The smallest absolute Gasteiger partial charge is 0.323 e. The van der Waals surface area contributed by atoms with Crippen LogP contribution in [-0.4, -0.2) is 36.6 Å². The number of ether oxygens (including phenoxy) is 1. The van der Waals surface area contributed by atoms with Gasteiger partial charge in [0.15, 0.2) is 0 Å². The highest BCUT2D eigenvalue weighted by Crippen LogP contribution is 2.39. The standard InChI is InChI=1S/C13H23NO2/c1-3-8-14-11-7-5-4-6-10(11)9-12(14)13(15)16-2/h10-12H,3-9H2,1-2H3. The zero-order chi connectivity index (χ0) is 11.5. The minimum atomic E-state index is -0.0251. The summed E-state index contributed by atoms with van der Waals surface area (Å²) < 4.78 is 4.94. The maximum absolute atomic E-state index is 11.8. The Morgan fingerprint density at radius 2 is 2.12 bits per heavy atom. The summed E-state index contributed by atoms with van der Waals surface area (Å²) in [5.41, 5.74) is 0. The number of rotatable bonds is 3. The quantitative estimate of drug-likeness (QED) is 0.690. The Balaban J connectivity index is 2.09. The first-order valence-corrected chi connectivity index (χ1v) is 6.61. The number of hydrogen-bond donors (Lipinski definition) is 0. The summed E-state index contributed by atoms with van der Waals surface area (Å²) in [4.78, 5) is 14.2. The van der Waals surface area contributed by atoms with E-state index in [4.69, 9.17) is 4.74 Å². The monoisotopic (exact) mass is 225 g/mol. The number of nitrogens with zero attached hydrogens (tertiary/aromatic N) is 1. The first-order valence-electron chi connectivity index (χ1n) is 6.61. The van der Waals surface area contributed by atoms with Gasteiger partial charge < -0.3 is 4.74 Å². The predicted molar refractivity (Wildman–Crippen MR) is 63.2 cm³/mol. The SMILES string of the molecule is CCCN1C(C(=O)OC)CC2CCCCC21. The van der Waals surface area contributed by atoms with Crippen molar-refractivity contribution in [2.24, 2.45) is 5.92 Å². The van der Waals surface area contributed by atoms with Gasteiger partial charge in [-0.15, -0.1) is 0 Å². The van der Waals surface area contributed by atoms with Crippen molar-refractivity contribution in [1.82, 2.24) is 4.90 Å². The zero-order valence-electron chi connectivity index (χ0n) is 10.4. The summed E-state index contributed by atoms with van der Waals surface area (Å²) in [6.07, 6.45) is 7.40. The lowest BCUT2D eigenvalue weighted by Crippen LogP contribution is -2.43. The molecule has 3 atom stereocenters. The summed E-state index contributed by atoms with van der Waals surface area (Å²) in [5, 5.41) is 0. The first-order chi connectivity index (χ1) is 7.77. The van der Waals surface area contributed by atoms with Crippen molar-refractivity contribution in [2.75, 3.05) is 13.7 Å². The highest BCUT2D eigenvalue weighted by atomic mass is 16.5. The largest absolute Gasteiger partial charge is 0.468 e. The van der Waals surface area contributed by atoms with Crippen molar-refractivity contribution in [3.63, 3.8) is 0 Å². The van der Waals surface area contributed by atoms with E-state index in [2.05, 4.69) is 11.8 Å². The molecule has 92 valence electrons. The molecule has 3 nitrogen and oxygen atoms in total. The molecule has 1 aliphatic carbocycles. The Labute approximate surface area is 98.1 Å². The van der Waals surface area contributed by atoms with E-state index in [1.54, 1.807) is 0 Å². The lowest BCUT2D eigenvalue weighted by Gasteiger charge is -2.32. The first kappa shape index (κ1) is 11.9. The van der Waals surface area contributed by atoms with Crippen molar-refractivity contribution < 1.29 is 9.53 Å². The topological polar surface area (TPSA) is 29.5 Å². The number of methoxy groups -OCH3 is 1. The molecule has 1 heterocycles. The Hall–Kier alpha value is -0.570. The van der Waals surface area contributed by atoms with Gasteiger partial charge in [0.05, 0.1) is 7.11 Å². The fourth-order valence-electron chi connectivity index (χ4n) is 3.50. The lowest BCUT2D eigenvalue weighted by molar-refractivity contribution is -0.146. The van der Waals surface area contributed by atoms with E-state index in [0.29, 0.717) is 6.04 Å². The second-order valence-electron chi connectivity index (χ2n) is 5.12. The molecular weight excluding hydrogens is 202 g/mol. The van der Waals surface area contributed by atoms with Crippen molar-refractivity contribution >= 4 is 5.97 Å². The molecule has 2 aliphatic rings. The summed E-state index contributed by atoms with van der Waals surface area (Å²) in [6, 6.07) is 0.691. The number of carbonyl (C=O) groups excluding carboxylic acids is 1. The van der Waals surface area contributed by atoms with Crippen molar-refractivity contribution in [3.8, 4) is 0 Å². The third-order valence-electron chi connectivity index (χ3n) is 4.18. The Bertz CT molecular complexity index is 254. The summed E-state index contributed by atoms with van der Waals surface area (Å²) >= 11 is 0. The molecule has 1 aliphatic heterocycles. The number of hydrogen-bond acceptors (Lipinski definition) is 3. The molecule has 16 heavy (non-hydrogen) atoms. The molecule has 0 amide bonds. The highest BCUT2D eigenvalue weighted by Gasteiger charge is 2.44. The van der Waals surface area contributed by atoms with Crippen LogP contribution < -0.4 is 0 Å². The minimum absolute atomic E-state index is 0.0251. The van der Waals surface area contributed by atoms with Crippen LogP contribution in [0.1, 0.15) is 45.4 Å². The van der Waals surface area contributed by atoms with Crippen LogP contribution in [0, 0.1) is 5.92 Å². The van der Waals surface area contributed by atoms with Gasteiger partial charge in [0.2, 0.25) is 0 Å². The van der Waals surface area contributed by atoms with E-state index in [1.165, 1.54) is 32.8 Å². The van der Waals surface area contributed by atoms with Crippen LogP contribution in [0.25, 0.3) is 0 Å². The van der Waals surface area contributed by atoms with Crippen LogP contribution >= 0.6 is 0 Å². The van der Waals surface area contributed by atoms with Crippen LogP contribution in [0.2, 0.25) is 0 Å². The lowest BCUT2D eigenvalue weighted by atomic mass is 9.85. The number of carbonyl (C=O) groups is 1. The molecule has 0 spiro atoms. The highest BCUT2D eigenvalue weighted by molar-refractivity contribution is 5.76. The number of likely N-dealkylation sites (tertiary alicyclic amines) is 1. The molecule has 2 fully saturated rings. The van der Waals surface area contributed by atoms with Gasteiger partial charge in [-0.3, -0.25) is 9.69 Å². The van der Waals surface area contributed by atoms with E-state index >= 15 is 0 Å². The van der Waals surface area contributed by atoms with Gasteiger partial charge in [-0.25, -0.2) is 0 Å². The number of fused-ring (bicyclic) bond motifs is 1. The van der Waals surface area contributed by atoms with Crippen molar-refractivity contribution in [3.05, 3.63) is 0 Å². The molecule has 0 N–H and O–H groups in total. The van der Waals surface area contributed by atoms with E-state index in [-0.39, 0.29) is 12.0 Å². The molecule has 1 saturated heterocycles. The van der Waals surface area contributed by atoms with E-state index in [9.17, 15) is 4.79 Å². The van der Waals surface area contributed by atoms with E-state index in [0.717, 1.165) is 25.3 Å². The average molecular weight is 225 g/mol. The van der Waals surface area contributed by atoms with Crippen molar-refractivity contribution in [1.29, 1.82) is 0 Å². The van der Waals surface area contributed by atoms with Gasteiger partial charge in [0.25, 0.3) is 0 Å². The molecule has 1 saturated carbocycles. The molecule has 3 heteroatoms. The Kier molecular flexibility index (Phi) is 3.85. The van der Waals surface area contributed by atoms with E-state index < -0.39 is 0 Å². The molecule has 0 radical (unpaired) electrons. The molecule has 0 bridgehead atoms. The second-order valence-corrected chi connectivity index (χ2v) is 5.12. The van der Waals surface area contributed by atoms with Crippen LogP contribution in [0.15, 0.2) is 0 Å². The number of esters is 1. The second kappa shape index (κ2) is 5.17. The zero-order valence-corrected chi connectivity index (χ0v) is 10.4. The Morgan fingerprint density at radius 1 is 1.38 bits per heavy atom. The molecular formula is C13H23NO2. The van der Waals surface area contributed by atoms with Gasteiger partial charge in [0.1, 0.15) is 6.04 Å². The van der Waals surface area contributed by atoms with Crippen LogP contribution in [-0.2, 0) is 9.53 Å². The third kappa shape index (κ3) is 2.10. The fraction of sp³-hybridized carbons (Fsp3) is 0.923. The molecule has 3 unspecified atom stereocenters. The predicted octanol–water partition coefficient (Wildman–Crippen LogP) is 2.20. The van der Waals surface area contributed by atoms with Gasteiger partial charge in [-0.1, -0.05) is 19.8 Å². The van der Waals surface area contributed by atoms with Gasteiger partial charge in [-0.05, 0) is 38.1 Å². The average Bonchev–Trinajstić information content (AvgIpc) is 2.68. The van der Waals surface area contributed by atoms with Gasteiger partial charge in [-0.2, -0.15) is 0 Å². The Morgan fingerprint density at radius 3 is 2.81 bits per heavy atom. The maximum atomic E-state index is 11.8. The summed E-state index contributed by atoms with van der Waals surface area (Å²) in [6.45, 7) is 3.23. The molecule has 0 aromatic carbocycles. The molecule has 0 aromatic rings. The van der Waals surface area contributed by atoms with Crippen LogP contribution in [0.4, 0.5) is 0 Å². The van der Waals surface area contributed by atoms with Crippen molar-refractivity contribution in [2.45, 2.75) is 57.5 Å². The molecule has 2 rings (SSSR count). The third-order valence-corrected chi connectivity index (χ3v) is 4.18. The van der Waals surface area contributed by atoms with Gasteiger partial charge >= 0.3 is 5.97 Å². The minimum Gasteiger partial charge on any atom is -0.468 e. The van der Waals surface area contributed by atoms with Crippen LogP contribution in [0.3, 0.4) is 0 Å². The summed E-state index contributed by atoms with van der Waals surface area (Å²) in [5.74, 6) is 0.715. The van der Waals surface area contributed by atoms with Crippen LogP contribution in [0.5, 0.6) is 0 Å².